The molecular formula is C19H23N5O3S. The van der Waals surface area contributed by atoms with Gasteiger partial charge in [0.2, 0.25) is 11.8 Å². The number of fused-ring (bicyclic) bond motifs is 1. The molecule has 148 valence electrons. The Balaban J connectivity index is 1.36. The van der Waals surface area contributed by atoms with Crippen LogP contribution in [0.4, 0.5) is 10.8 Å². The van der Waals surface area contributed by atoms with Crippen LogP contribution < -0.4 is 10.2 Å². The summed E-state index contributed by atoms with van der Waals surface area (Å²) in [6.07, 6.45) is 2.49. The van der Waals surface area contributed by atoms with Gasteiger partial charge in [-0.05, 0) is 24.6 Å². The number of hydrogen-bond acceptors (Lipinski definition) is 8. The normalized spacial score (nSPS) is 14.5. The van der Waals surface area contributed by atoms with E-state index >= 15 is 0 Å². The van der Waals surface area contributed by atoms with E-state index in [2.05, 4.69) is 27.3 Å². The van der Waals surface area contributed by atoms with Crippen molar-refractivity contribution >= 4 is 38.3 Å². The highest BCUT2D eigenvalue weighted by molar-refractivity contribution is 7.22. The highest BCUT2D eigenvalue weighted by Gasteiger charge is 2.16. The molecule has 1 aliphatic rings. The van der Waals surface area contributed by atoms with Crippen molar-refractivity contribution in [2.75, 3.05) is 36.5 Å². The lowest BCUT2D eigenvalue weighted by atomic mass is 10.2. The maximum atomic E-state index is 12.3. The van der Waals surface area contributed by atoms with Gasteiger partial charge >= 0.3 is 0 Å². The molecule has 0 radical (unpaired) electrons. The van der Waals surface area contributed by atoms with Crippen LogP contribution in [0.1, 0.15) is 31.5 Å². The zero-order valence-electron chi connectivity index (χ0n) is 15.8. The Morgan fingerprint density at radius 2 is 2.11 bits per heavy atom. The van der Waals surface area contributed by atoms with Crippen LogP contribution in [-0.2, 0) is 22.4 Å². The SMILES string of the molecule is CCCc1noc(CCC(=O)Nc2ccc3nc(N4CCOCC4)sc3c2)n1. The number of carbonyl (C=O) groups is 1. The summed E-state index contributed by atoms with van der Waals surface area (Å²) < 4.78 is 11.6. The Morgan fingerprint density at radius 1 is 1.25 bits per heavy atom. The van der Waals surface area contributed by atoms with Crippen molar-refractivity contribution in [1.82, 2.24) is 15.1 Å². The summed E-state index contributed by atoms with van der Waals surface area (Å²) in [5.41, 5.74) is 1.71. The van der Waals surface area contributed by atoms with E-state index in [4.69, 9.17) is 14.2 Å². The molecule has 8 nitrogen and oxygen atoms in total. The molecule has 0 spiro atoms. The second-order valence-corrected chi connectivity index (χ2v) is 7.69. The molecule has 1 amide bonds. The fraction of sp³-hybridized carbons (Fsp3) is 0.474. The molecular weight excluding hydrogens is 378 g/mol. The van der Waals surface area contributed by atoms with E-state index in [9.17, 15) is 4.79 Å². The fourth-order valence-electron chi connectivity index (χ4n) is 3.04. The number of anilines is 2. The van der Waals surface area contributed by atoms with E-state index in [1.807, 2.05) is 18.2 Å². The van der Waals surface area contributed by atoms with Crippen molar-refractivity contribution < 1.29 is 14.1 Å². The Kier molecular flexibility index (Phi) is 5.82. The topological polar surface area (TPSA) is 93.4 Å². The predicted molar refractivity (Wildman–Crippen MR) is 108 cm³/mol. The van der Waals surface area contributed by atoms with Crippen molar-refractivity contribution in [3.63, 3.8) is 0 Å². The molecule has 0 bridgehead atoms. The number of ether oxygens (including phenoxy) is 1. The van der Waals surface area contributed by atoms with Gasteiger partial charge < -0.3 is 19.5 Å². The number of rotatable bonds is 7. The number of nitrogens with zero attached hydrogens (tertiary/aromatic N) is 4. The van der Waals surface area contributed by atoms with Gasteiger partial charge in [0.15, 0.2) is 11.0 Å². The van der Waals surface area contributed by atoms with Gasteiger partial charge in [0.25, 0.3) is 0 Å². The second kappa shape index (κ2) is 8.66. The standard InChI is InChI=1S/C19H23N5O3S/c1-2-3-16-22-18(27-23-16)7-6-17(25)20-13-4-5-14-15(12-13)28-19(21-14)24-8-10-26-11-9-24/h4-5,12H,2-3,6-11H2,1H3,(H,20,25). The first kappa shape index (κ1) is 18.8. The van der Waals surface area contributed by atoms with Crippen LogP contribution in [0.2, 0.25) is 0 Å². The van der Waals surface area contributed by atoms with Crippen molar-refractivity contribution in [2.45, 2.75) is 32.6 Å². The van der Waals surface area contributed by atoms with Gasteiger partial charge in [0, 0.05) is 38.0 Å². The van der Waals surface area contributed by atoms with Crippen molar-refractivity contribution in [3.05, 3.63) is 29.9 Å². The molecule has 0 unspecified atom stereocenters. The molecule has 3 heterocycles. The number of hydrogen-bond donors (Lipinski definition) is 1. The number of aryl methyl sites for hydroxylation is 2. The highest BCUT2D eigenvalue weighted by atomic mass is 32.1. The average molecular weight is 401 g/mol. The van der Waals surface area contributed by atoms with Crippen LogP contribution in [0.25, 0.3) is 10.2 Å². The number of amides is 1. The van der Waals surface area contributed by atoms with Crippen LogP contribution >= 0.6 is 11.3 Å². The van der Waals surface area contributed by atoms with Crippen molar-refractivity contribution in [3.8, 4) is 0 Å². The number of carbonyl (C=O) groups excluding carboxylic acids is 1. The molecule has 0 aliphatic carbocycles. The smallest absolute Gasteiger partial charge is 0.227 e. The van der Waals surface area contributed by atoms with Gasteiger partial charge in [0.1, 0.15) is 0 Å². The highest BCUT2D eigenvalue weighted by Crippen LogP contribution is 2.31. The molecule has 3 aromatic rings. The van der Waals surface area contributed by atoms with Gasteiger partial charge in [-0.15, -0.1) is 0 Å². The molecule has 4 rings (SSSR count). The first-order valence-corrected chi connectivity index (χ1v) is 10.4. The maximum Gasteiger partial charge on any atom is 0.227 e. The number of benzene rings is 1. The minimum atomic E-state index is -0.0764. The van der Waals surface area contributed by atoms with Crippen molar-refractivity contribution in [1.29, 1.82) is 0 Å². The third-order valence-corrected chi connectivity index (χ3v) is 5.57. The lowest BCUT2D eigenvalue weighted by Crippen LogP contribution is -2.36. The molecule has 1 N–H and O–H groups in total. The van der Waals surface area contributed by atoms with E-state index in [1.54, 1.807) is 11.3 Å². The summed E-state index contributed by atoms with van der Waals surface area (Å²) in [5.74, 6) is 1.13. The van der Waals surface area contributed by atoms with Crippen LogP contribution in [0.15, 0.2) is 22.7 Å². The molecule has 0 atom stereocenters. The van der Waals surface area contributed by atoms with Gasteiger partial charge in [-0.1, -0.05) is 23.4 Å². The fourth-order valence-corrected chi connectivity index (χ4v) is 4.10. The predicted octanol–water partition coefficient (Wildman–Crippen LogP) is 3.04. The molecule has 0 saturated carbocycles. The van der Waals surface area contributed by atoms with Crippen molar-refractivity contribution in [2.24, 2.45) is 0 Å². The molecule has 1 saturated heterocycles. The van der Waals surface area contributed by atoms with E-state index in [1.165, 1.54) is 0 Å². The summed E-state index contributed by atoms with van der Waals surface area (Å²) in [5, 5.41) is 7.85. The van der Waals surface area contributed by atoms with E-state index in [-0.39, 0.29) is 5.91 Å². The summed E-state index contributed by atoms with van der Waals surface area (Å²) in [7, 11) is 0. The lowest BCUT2D eigenvalue weighted by Gasteiger charge is -2.25. The maximum absolute atomic E-state index is 12.3. The minimum Gasteiger partial charge on any atom is -0.378 e. The molecule has 2 aromatic heterocycles. The summed E-state index contributed by atoms with van der Waals surface area (Å²) in [6.45, 7) is 5.25. The van der Waals surface area contributed by atoms with E-state index < -0.39 is 0 Å². The first-order valence-electron chi connectivity index (χ1n) is 9.56. The van der Waals surface area contributed by atoms with E-state index in [0.29, 0.717) is 24.6 Å². The Morgan fingerprint density at radius 3 is 2.93 bits per heavy atom. The summed E-state index contributed by atoms with van der Waals surface area (Å²) >= 11 is 1.64. The molecule has 28 heavy (non-hydrogen) atoms. The third-order valence-electron chi connectivity index (χ3n) is 4.49. The minimum absolute atomic E-state index is 0.0764. The summed E-state index contributed by atoms with van der Waals surface area (Å²) in [6, 6.07) is 5.80. The number of aromatic nitrogens is 3. The van der Waals surface area contributed by atoms with Crippen LogP contribution in [0.5, 0.6) is 0 Å². The van der Waals surface area contributed by atoms with Crippen LogP contribution in [0, 0.1) is 0 Å². The quantitative estimate of drug-likeness (QED) is 0.650. The van der Waals surface area contributed by atoms with Crippen LogP contribution in [-0.4, -0.2) is 47.3 Å². The third kappa shape index (κ3) is 4.48. The average Bonchev–Trinajstić information content (AvgIpc) is 3.34. The van der Waals surface area contributed by atoms with Crippen LogP contribution in [0.3, 0.4) is 0 Å². The molecule has 1 aromatic carbocycles. The lowest BCUT2D eigenvalue weighted by molar-refractivity contribution is -0.116. The monoisotopic (exact) mass is 401 g/mol. The Labute approximate surface area is 166 Å². The number of nitrogens with one attached hydrogen (secondary N) is 1. The molecule has 1 fully saturated rings. The number of morpholine rings is 1. The summed E-state index contributed by atoms with van der Waals surface area (Å²) in [4.78, 5) is 23.5. The zero-order chi connectivity index (χ0) is 19.3. The largest absolute Gasteiger partial charge is 0.378 e. The number of thiazole rings is 1. The van der Waals surface area contributed by atoms with Gasteiger partial charge in [-0.3, -0.25) is 4.79 Å². The zero-order valence-corrected chi connectivity index (χ0v) is 16.6. The van der Waals surface area contributed by atoms with Gasteiger partial charge in [-0.25, -0.2) is 4.98 Å². The Bertz CT molecular complexity index is 948. The van der Waals surface area contributed by atoms with Gasteiger partial charge in [-0.2, -0.15) is 4.98 Å². The first-order chi connectivity index (χ1) is 13.7. The Hall–Kier alpha value is -2.52. The molecule has 9 heteroatoms. The van der Waals surface area contributed by atoms with Gasteiger partial charge in [0.05, 0.1) is 23.4 Å². The van der Waals surface area contributed by atoms with E-state index in [0.717, 1.165) is 60.2 Å². The molecule has 1 aliphatic heterocycles. The second-order valence-electron chi connectivity index (χ2n) is 6.68.